The summed E-state index contributed by atoms with van der Waals surface area (Å²) in [4.78, 5) is 24.0. The Hall–Kier alpha value is -3.27. The van der Waals surface area contributed by atoms with E-state index in [0.717, 1.165) is 18.2 Å². The number of nitrogen functional groups attached to an aromatic ring is 1. The third kappa shape index (κ3) is 6.68. The molecule has 0 unspecified atom stereocenters. The molecule has 29 heavy (non-hydrogen) atoms. The van der Waals surface area contributed by atoms with Crippen molar-refractivity contribution in [1.82, 2.24) is 0 Å². The van der Waals surface area contributed by atoms with Gasteiger partial charge in [-0.2, -0.15) is 13.2 Å². The van der Waals surface area contributed by atoms with E-state index in [1.165, 1.54) is 31.4 Å². The van der Waals surface area contributed by atoms with E-state index in [0.29, 0.717) is 5.69 Å². The molecule has 0 aliphatic carbocycles. The van der Waals surface area contributed by atoms with Gasteiger partial charge in [0.1, 0.15) is 12.4 Å². The molecule has 0 saturated heterocycles. The number of amides is 1. The lowest BCUT2D eigenvalue weighted by Crippen LogP contribution is -2.22. The number of methoxy groups -OCH3 is 1. The Morgan fingerprint density at radius 1 is 1.07 bits per heavy atom. The molecule has 0 bridgehead atoms. The predicted octanol–water partition coefficient (Wildman–Crippen LogP) is 3.11. The van der Waals surface area contributed by atoms with Crippen molar-refractivity contribution in [2.75, 3.05) is 38.0 Å². The molecule has 0 aromatic heterocycles. The Labute approximate surface area is 164 Å². The first kappa shape index (κ1) is 22.0. The fourth-order valence-electron chi connectivity index (χ4n) is 2.18. The third-order valence-corrected chi connectivity index (χ3v) is 3.61. The molecule has 2 aromatic rings. The number of carbonyl (C=O) groups excluding carboxylic acids is 2. The summed E-state index contributed by atoms with van der Waals surface area (Å²) in [7, 11) is 1.44. The number of halogens is 3. The number of anilines is 2. The fourth-order valence-corrected chi connectivity index (χ4v) is 2.18. The van der Waals surface area contributed by atoms with Crippen LogP contribution in [0.25, 0.3) is 0 Å². The molecule has 0 spiro atoms. The van der Waals surface area contributed by atoms with Crippen molar-refractivity contribution in [2.24, 2.45) is 0 Å². The van der Waals surface area contributed by atoms with Crippen molar-refractivity contribution in [1.29, 1.82) is 0 Å². The van der Waals surface area contributed by atoms with Crippen LogP contribution in [-0.4, -0.2) is 38.8 Å². The quantitative estimate of drug-likeness (QED) is 0.393. The Morgan fingerprint density at radius 3 is 2.38 bits per heavy atom. The smallest absolute Gasteiger partial charge is 0.416 e. The van der Waals surface area contributed by atoms with E-state index in [1.54, 1.807) is 0 Å². The van der Waals surface area contributed by atoms with Gasteiger partial charge in [-0.25, -0.2) is 4.79 Å². The maximum Gasteiger partial charge on any atom is 0.416 e. The van der Waals surface area contributed by atoms with Gasteiger partial charge in [0.05, 0.1) is 23.4 Å². The summed E-state index contributed by atoms with van der Waals surface area (Å²) in [5.74, 6) is -1.58. The van der Waals surface area contributed by atoms with E-state index in [9.17, 15) is 22.8 Å². The third-order valence-electron chi connectivity index (χ3n) is 3.61. The van der Waals surface area contributed by atoms with Crippen LogP contribution < -0.4 is 15.8 Å². The second kappa shape index (κ2) is 9.78. The molecule has 0 radical (unpaired) electrons. The van der Waals surface area contributed by atoms with E-state index in [1.807, 2.05) is 0 Å². The largest absolute Gasteiger partial charge is 0.489 e. The summed E-state index contributed by atoms with van der Waals surface area (Å²) in [6.07, 6.45) is -4.61. The minimum absolute atomic E-state index is 0.0215. The number of alkyl halides is 3. The molecular weight excluding hydrogens is 393 g/mol. The topological polar surface area (TPSA) is 99.9 Å². The second-order valence-electron chi connectivity index (χ2n) is 5.80. The molecule has 1 amide bonds. The number of ether oxygens (including phenoxy) is 3. The second-order valence-corrected chi connectivity index (χ2v) is 5.80. The minimum Gasteiger partial charge on any atom is -0.489 e. The Kier molecular flexibility index (Phi) is 7.43. The number of hydrogen-bond acceptors (Lipinski definition) is 6. The zero-order chi connectivity index (χ0) is 21.4. The van der Waals surface area contributed by atoms with Gasteiger partial charge >= 0.3 is 12.1 Å². The lowest BCUT2D eigenvalue weighted by atomic mass is 10.1. The average molecular weight is 412 g/mol. The molecule has 2 rings (SSSR count). The van der Waals surface area contributed by atoms with Gasteiger partial charge in [0.15, 0.2) is 6.61 Å². The highest BCUT2D eigenvalue weighted by atomic mass is 19.4. The molecular formula is C19H19F3N2O5. The van der Waals surface area contributed by atoms with Gasteiger partial charge in [-0.15, -0.1) is 0 Å². The summed E-state index contributed by atoms with van der Waals surface area (Å²) in [6, 6.07) is 8.48. The van der Waals surface area contributed by atoms with Crippen molar-refractivity contribution in [2.45, 2.75) is 6.18 Å². The van der Waals surface area contributed by atoms with E-state index in [-0.39, 0.29) is 30.2 Å². The maximum absolute atomic E-state index is 13.0. The standard InChI is InChI=1S/C19H19F3N2O5/c1-27-8-9-28-16-7-4-13(19(20,21)22)10-15(16)24-17(25)11-29-18(26)12-2-5-14(23)6-3-12/h2-7,10H,8-9,11,23H2,1H3,(H,24,25). The normalized spacial score (nSPS) is 11.0. The van der Waals surface area contributed by atoms with Gasteiger partial charge < -0.3 is 25.3 Å². The Bertz CT molecular complexity index is 854. The van der Waals surface area contributed by atoms with Crippen molar-refractivity contribution >= 4 is 23.3 Å². The van der Waals surface area contributed by atoms with Gasteiger partial charge in [0.25, 0.3) is 5.91 Å². The molecule has 7 nitrogen and oxygen atoms in total. The highest BCUT2D eigenvalue weighted by Crippen LogP contribution is 2.35. The number of nitrogens with one attached hydrogen (secondary N) is 1. The van der Waals surface area contributed by atoms with Crippen LogP contribution >= 0.6 is 0 Å². The Morgan fingerprint density at radius 2 is 1.76 bits per heavy atom. The number of esters is 1. The van der Waals surface area contributed by atoms with Gasteiger partial charge in [0.2, 0.25) is 0 Å². The summed E-state index contributed by atoms with van der Waals surface area (Å²) in [5, 5.41) is 2.26. The zero-order valence-electron chi connectivity index (χ0n) is 15.4. The molecule has 3 N–H and O–H groups in total. The van der Waals surface area contributed by atoms with Crippen molar-refractivity contribution in [3.05, 3.63) is 53.6 Å². The first-order chi connectivity index (χ1) is 13.7. The summed E-state index contributed by atoms with van der Waals surface area (Å²) >= 11 is 0. The van der Waals surface area contributed by atoms with Gasteiger partial charge in [0, 0.05) is 12.8 Å². The van der Waals surface area contributed by atoms with E-state index < -0.39 is 30.2 Å². The van der Waals surface area contributed by atoms with Gasteiger partial charge in [-0.1, -0.05) is 0 Å². The predicted molar refractivity (Wildman–Crippen MR) is 98.6 cm³/mol. The lowest BCUT2D eigenvalue weighted by Gasteiger charge is -2.15. The van der Waals surface area contributed by atoms with Crippen LogP contribution in [0.15, 0.2) is 42.5 Å². The first-order valence-corrected chi connectivity index (χ1v) is 8.36. The highest BCUT2D eigenvalue weighted by molar-refractivity contribution is 5.96. The summed E-state index contributed by atoms with van der Waals surface area (Å²) < 4.78 is 53.9. The fraction of sp³-hybridized carbons (Fsp3) is 0.263. The molecule has 0 saturated carbocycles. The van der Waals surface area contributed by atoms with Crippen LogP contribution in [0, 0.1) is 0 Å². The van der Waals surface area contributed by atoms with E-state index >= 15 is 0 Å². The molecule has 2 aromatic carbocycles. The van der Waals surface area contributed by atoms with Crippen LogP contribution in [0.3, 0.4) is 0 Å². The number of rotatable bonds is 8. The van der Waals surface area contributed by atoms with Crippen molar-refractivity contribution in [3.63, 3.8) is 0 Å². The van der Waals surface area contributed by atoms with Crippen LogP contribution in [0.5, 0.6) is 5.75 Å². The molecule has 0 heterocycles. The molecule has 0 aliphatic heterocycles. The highest BCUT2D eigenvalue weighted by Gasteiger charge is 2.31. The van der Waals surface area contributed by atoms with Crippen molar-refractivity contribution in [3.8, 4) is 5.75 Å². The number of hydrogen-bond donors (Lipinski definition) is 2. The minimum atomic E-state index is -4.61. The number of nitrogens with two attached hydrogens (primary N) is 1. The maximum atomic E-state index is 13.0. The van der Waals surface area contributed by atoms with Gasteiger partial charge in [-0.05, 0) is 42.5 Å². The lowest BCUT2D eigenvalue weighted by molar-refractivity contribution is -0.137. The molecule has 0 atom stereocenters. The average Bonchev–Trinajstić information content (AvgIpc) is 2.67. The van der Waals surface area contributed by atoms with E-state index in [2.05, 4.69) is 5.32 Å². The van der Waals surface area contributed by atoms with Crippen molar-refractivity contribution < 1.29 is 37.0 Å². The van der Waals surface area contributed by atoms with Crippen LogP contribution in [0.4, 0.5) is 24.5 Å². The first-order valence-electron chi connectivity index (χ1n) is 8.36. The van der Waals surface area contributed by atoms with Crippen LogP contribution in [-0.2, 0) is 20.4 Å². The molecule has 0 fully saturated rings. The van der Waals surface area contributed by atoms with E-state index in [4.69, 9.17) is 19.9 Å². The van der Waals surface area contributed by atoms with Crippen LogP contribution in [0.1, 0.15) is 15.9 Å². The summed E-state index contributed by atoms with van der Waals surface area (Å²) in [5.41, 5.74) is 4.97. The molecule has 156 valence electrons. The zero-order valence-corrected chi connectivity index (χ0v) is 15.4. The van der Waals surface area contributed by atoms with Crippen LogP contribution in [0.2, 0.25) is 0 Å². The molecule has 10 heteroatoms. The Balaban J connectivity index is 2.06. The number of benzene rings is 2. The monoisotopic (exact) mass is 412 g/mol. The number of carbonyl (C=O) groups is 2. The summed E-state index contributed by atoms with van der Waals surface area (Å²) in [6.45, 7) is -0.429. The van der Waals surface area contributed by atoms with Gasteiger partial charge in [-0.3, -0.25) is 4.79 Å². The molecule has 0 aliphatic rings. The SMILES string of the molecule is COCCOc1ccc(C(F)(F)F)cc1NC(=O)COC(=O)c1ccc(N)cc1.